The Morgan fingerprint density at radius 2 is 2.33 bits per heavy atom. The summed E-state index contributed by atoms with van der Waals surface area (Å²) in [6.07, 6.45) is 11.1. The first-order valence-corrected chi connectivity index (χ1v) is 5.67. The fourth-order valence-corrected chi connectivity index (χ4v) is 1.75. The van der Waals surface area contributed by atoms with Crippen molar-refractivity contribution >= 4 is 22.6 Å². The number of allylic oxidation sites excluding steroid dienone is 4. The van der Waals surface area contributed by atoms with Crippen LogP contribution in [0.4, 0.5) is 0 Å². The van der Waals surface area contributed by atoms with Gasteiger partial charge in [0.2, 0.25) is 0 Å². The standard InChI is InChI=1S/C10H12IN/c11-8-4-7-10(9-12)5-2-1-3-6-10/h1-3,5H,4,6-8H2. The van der Waals surface area contributed by atoms with E-state index >= 15 is 0 Å². The average molecular weight is 273 g/mol. The number of rotatable bonds is 3. The molecule has 0 N–H and O–H groups in total. The third-order valence-corrected chi connectivity index (χ3v) is 2.89. The fourth-order valence-electron chi connectivity index (χ4n) is 1.37. The Morgan fingerprint density at radius 1 is 1.50 bits per heavy atom. The van der Waals surface area contributed by atoms with Crippen LogP contribution in [0.3, 0.4) is 0 Å². The van der Waals surface area contributed by atoms with Gasteiger partial charge < -0.3 is 0 Å². The maximum atomic E-state index is 9.03. The van der Waals surface area contributed by atoms with Crippen LogP contribution in [0.2, 0.25) is 0 Å². The van der Waals surface area contributed by atoms with Gasteiger partial charge in [0.15, 0.2) is 0 Å². The highest BCUT2D eigenvalue weighted by atomic mass is 127. The number of halogens is 1. The summed E-state index contributed by atoms with van der Waals surface area (Å²) in [5, 5.41) is 9.03. The van der Waals surface area contributed by atoms with E-state index in [0.29, 0.717) is 0 Å². The predicted molar refractivity (Wildman–Crippen MR) is 59.1 cm³/mol. The van der Waals surface area contributed by atoms with E-state index in [9.17, 15) is 0 Å². The molecule has 1 nitrogen and oxygen atoms in total. The van der Waals surface area contributed by atoms with Crippen LogP contribution in [-0.4, -0.2) is 4.43 Å². The molecule has 1 aliphatic rings. The monoisotopic (exact) mass is 273 g/mol. The molecule has 0 bridgehead atoms. The lowest BCUT2D eigenvalue weighted by Crippen LogP contribution is -2.16. The topological polar surface area (TPSA) is 23.8 Å². The van der Waals surface area contributed by atoms with Gasteiger partial charge in [0.25, 0.3) is 0 Å². The second-order valence-electron chi connectivity index (χ2n) is 3.05. The van der Waals surface area contributed by atoms with Crippen molar-refractivity contribution in [1.82, 2.24) is 0 Å². The van der Waals surface area contributed by atoms with Crippen LogP contribution in [0.25, 0.3) is 0 Å². The Kier molecular flexibility index (Phi) is 3.80. The van der Waals surface area contributed by atoms with Crippen LogP contribution < -0.4 is 0 Å². The second kappa shape index (κ2) is 4.66. The van der Waals surface area contributed by atoms with Crippen LogP contribution in [0.15, 0.2) is 24.3 Å². The van der Waals surface area contributed by atoms with Crippen LogP contribution in [0.1, 0.15) is 19.3 Å². The molecule has 0 radical (unpaired) electrons. The number of alkyl halides is 1. The molecule has 1 aliphatic carbocycles. The molecular weight excluding hydrogens is 261 g/mol. The summed E-state index contributed by atoms with van der Waals surface area (Å²) in [6.45, 7) is 0. The number of hydrogen-bond acceptors (Lipinski definition) is 1. The van der Waals surface area contributed by atoms with E-state index in [0.717, 1.165) is 23.7 Å². The quantitative estimate of drug-likeness (QED) is 0.572. The minimum Gasteiger partial charge on any atom is -0.197 e. The van der Waals surface area contributed by atoms with Crippen molar-refractivity contribution in [3.8, 4) is 6.07 Å². The zero-order chi connectivity index (χ0) is 8.86. The Balaban J connectivity index is 2.59. The van der Waals surface area contributed by atoms with E-state index in [1.807, 2.05) is 18.2 Å². The minimum atomic E-state index is -0.195. The second-order valence-corrected chi connectivity index (χ2v) is 4.13. The van der Waals surface area contributed by atoms with Gasteiger partial charge in [-0.15, -0.1) is 0 Å². The lowest BCUT2D eigenvalue weighted by atomic mass is 9.79. The maximum absolute atomic E-state index is 9.03. The van der Waals surface area contributed by atoms with Gasteiger partial charge in [-0.3, -0.25) is 0 Å². The van der Waals surface area contributed by atoms with Gasteiger partial charge in [-0.2, -0.15) is 5.26 Å². The zero-order valence-electron chi connectivity index (χ0n) is 6.96. The third kappa shape index (κ3) is 2.34. The molecule has 0 spiro atoms. The van der Waals surface area contributed by atoms with Crippen molar-refractivity contribution in [3.63, 3.8) is 0 Å². The van der Waals surface area contributed by atoms with Gasteiger partial charge in [-0.1, -0.05) is 46.9 Å². The molecule has 0 fully saturated rings. The van der Waals surface area contributed by atoms with Crippen LogP contribution in [-0.2, 0) is 0 Å². The molecular formula is C10H12IN. The molecule has 0 aromatic rings. The fraction of sp³-hybridized carbons (Fsp3) is 0.500. The van der Waals surface area contributed by atoms with Crippen molar-refractivity contribution in [2.75, 3.05) is 4.43 Å². The van der Waals surface area contributed by atoms with E-state index < -0.39 is 0 Å². The van der Waals surface area contributed by atoms with Crippen molar-refractivity contribution in [1.29, 1.82) is 5.26 Å². The first kappa shape index (κ1) is 9.79. The maximum Gasteiger partial charge on any atom is 0.0791 e. The van der Waals surface area contributed by atoms with Gasteiger partial charge >= 0.3 is 0 Å². The predicted octanol–water partition coefficient (Wildman–Crippen LogP) is 3.23. The summed E-state index contributed by atoms with van der Waals surface area (Å²) in [5.41, 5.74) is -0.195. The molecule has 12 heavy (non-hydrogen) atoms. The van der Waals surface area contributed by atoms with Gasteiger partial charge in [0.1, 0.15) is 0 Å². The van der Waals surface area contributed by atoms with Gasteiger partial charge in [0.05, 0.1) is 11.5 Å². The van der Waals surface area contributed by atoms with E-state index in [1.165, 1.54) is 0 Å². The SMILES string of the molecule is N#CC1(CCCI)C=CC=CC1. The van der Waals surface area contributed by atoms with E-state index in [4.69, 9.17) is 5.26 Å². The highest BCUT2D eigenvalue weighted by molar-refractivity contribution is 14.1. The molecule has 1 rings (SSSR count). The Bertz CT molecular complexity index is 237. The third-order valence-electron chi connectivity index (χ3n) is 2.12. The molecule has 2 heteroatoms. The number of nitriles is 1. The molecule has 0 saturated heterocycles. The van der Waals surface area contributed by atoms with Crippen molar-refractivity contribution in [2.24, 2.45) is 5.41 Å². The van der Waals surface area contributed by atoms with E-state index in [-0.39, 0.29) is 5.41 Å². The van der Waals surface area contributed by atoms with Gasteiger partial charge in [-0.05, 0) is 23.7 Å². The lowest BCUT2D eigenvalue weighted by molar-refractivity contribution is 0.462. The van der Waals surface area contributed by atoms with Crippen molar-refractivity contribution < 1.29 is 0 Å². The largest absolute Gasteiger partial charge is 0.197 e. The molecule has 0 aliphatic heterocycles. The normalized spacial score (nSPS) is 27.0. The molecule has 64 valence electrons. The van der Waals surface area contributed by atoms with Gasteiger partial charge in [0, 0.05) is 0 Å². The zero-order valence-corrected chi connectivity index (χ0v) is 9.12. The molecule has 0 heterocycles. The highest BCUT2D eigenvalue weighted by Crippen LogP contribution is 2.32. The van der Waals surface area contributed by atoms with Crippen molar-refractivity contribution in [2.45, 2.75) is 19.3 Å². The summed E-state index contributed by atoms with van der Waals surface area (Å²) in [5.74, 6) is 0. The Hall–Kier alpha value is -0.300. The van der Waals surface area contributed by atoms with Crippen LogP contribution in [0.5, 0.6) is 0 Å². The summed E-state index contributed by atoms with van der Waals surface area (Å²) in [7, 11) is 0. The molecule has 0 saturated carbocycles. The Labute approximate surface area is 87.3 Å². The van der Waals surface area contributed by atoms with Gasteiger partial charge in [-0.25, -0.2) is 0 Å². The lowest BCUT2D eigenvalue weighted by Gasteiger charge is -2.22. The van der Waals surface area contributed by atoms with E-state index in [1.54, 1.807) is 0 Å². The smallest absolute Gasteiger partial charge is 0.0791 e. The summed E-state index contributed by atoms with van der Waals surface area (Å²) in [4.78, 5) is 0. The van der Waals surface area contributed by atoms with E-state index in [2.05, 4.69) is 34.7 Å². The molecule has 1 unspecified atom stereocenters. The highest BCUT2D eigenvalue weighted by Gasteiger charge is 2.25. The number of nitrogens with zero attached hydrogens (tertiary/aromatic N) is 1. The summed E-state index contributed by atoms with van der Waals surface area (Å²) in [6, 6.07) is 2.41. The van der Waals surface area contributed by atoms with Crippen LogP contribution in [0, 0.1) is 16.7 Å². The summed E-state index contributed by atoms with van der Waals surface area (Å²) < 4.78 is 1.14. The van der Waals surface area contributed by atoms with Crippen molar-refractivity contribution in [3.05, 3.63) is 24.3 Å². The molecule has 0 aromatic heterocycles. The van der Waals surface area contributed by atoms with Crippen LogP contribution >= 0.6 is 22.6 Å². The number of hydrogen-bond donors (Lipinski definition) is 0. The first-order valence-electron chi connectivity index (χ1n) is 4.14. The average Bonchev–Trinajstić information content (AvgIpc) is 2.16. The first-order chi connectivity index (χ1) is 5.83. The minimum absolute atomic E-state index is 0.195. The molecule has 0 aromatic carbocycles. The Morgan fingerprint density at radius 3 is 2.83 bits per heavy atom. The summed E-state index contributed by atoms with van der Waals surface area (Å²) >= 11 is 2.36. The molecule has 1 atom stereocenters. The molecule has 0 amide bonds.